The lowest BCUT2D eigenvalue weighted by atomic mass is 9.91. The molecule has 2 unspecified atom stereocenters. The summed E-state index contributed by atoms with van der Waals surface area (Å²) in [6.07, 6.45) is 3.58. The molecule has 1 aliphatic carbocycles. The molecule has 0 amide bonds. The average molecular weight is 312 g/mol. The Morgan fingerprint density at radius 2 is 2.05 bits per heavy atom. The van der Waals surface area contributed by atoms with Crippen LogP contribution in [0.5, 0.6) is 5.75 Å². The SMILES string of the molecule is CC(=O)c1cc(Cl)cc(CN(C)C2CCCCC2O)c1O. The number of nitrogens with zero attached hydrogens (tertiary/aromatic N) is 1. The van der Waals surface area contributed by atoms with Crippen LogP contribution in [0.15, 0.2) is 12.1 Å². The van der Waals surface area contributed by atoms with Crippen LogP contribution in [0.2, 0.25) is 5.02 Å². The summed E-state index contributed by atoms with van der Waals surface area (Å²) in [7, 11) is 1.92. The van der Waals surface area contributed by atoms with Gasteiger partial charge in [-0.25, -0.2) is 0 Å². The molecule has 21 heavy (non-hydrogen) atoms. The molecule has 1 aromatic rings. The van der Waals surface area contributed by atoms with E-state index >= 15 is 0 Å². The lowest BCUT2D eigenvalue weighted by Gasteiger charge is -2.35. The maximum absolute atomic E-state index is 11.5. The Hall–Kier alpha value is -1.10. The number of Topliss-reactive ketones (excluding diaryl/α,β-unsaturated/α-hetero) is 1. The van der Waals surface area contributed by atoms with Gasteiger partial charge in [-0.3, -0.25) is 9.69 Å². The Morgan fingerprint density at radius 1 is 1.38 bits per heavy atom. The third-order valence-corrected chi connectivity index (χ3v) is 4.43. The van der Waals surface area contributed by atoms with E-state index in [-0.39, 0.29) is 29.2 Å². The fourth-order valence-electron chi connectivity index (χ4n) is 3.04. The molecule has 2 atom stereocenters. The number of phenolic OH excluding ortho intramolecular Hbond substituents is 1. The highest BCUT2D eigenvalue weighted by Crippen LogP contribution is 2.30. The number of aliphatic hydroxyl groups is 1. The first kappa shape index (κ1) is 16.3. The van der Waals surface area contributed by atoms with E-state index in [2.05, 4.69) is 0 Å². The molecule has 0 saturated heterocycles. The predicted molar refractivity (Wildman–Crippen MR) is 82.9 cm³/mol. The number of halogens is 1. The van der Waals surface area contributed by atoms with Crippen molar-refractivity contribution in [3.05, 3.63) is 28.3 Å². The molecule has 1 saturated carbocycles. The summed E-state index contributed by atoms with van der Waals surface area (Å²) in [6, 6.07) is 3.24. The third-order valence-electron chi connectivity index (χ3n) is 4.21. The lowest BCUT2D eigenvalue weighted by Crippen LogP contribution is -2.42. The van der Waals surface area contributed by atoms with Crippen LogP contribution in [0.25, 0.3) is 0 Å². The molecule has 0 heterocycles. The molecule has 2 rings (SSSR count). The van der Waals surface area contributed by atoms with E-state index in [1.165, 1.54) is 13.0 Å². The lowest BCUT2D eigenvalue weighted by molar-refractivity contribution is 0.0285. The molecular weight excluding hydrogens is 290 g/mol. The Morgan fingerprint density at radius 3 is 2.67 bits per heavy atom. The molecule has 1 aliphatic rings. The van der Waals surface area contributed by atoms with Gasteiger partial charge in [-0.1, -0.05) is 24.4 Å². The van der Waals surface area contributed by atoms with Crippen molar-refractivity contribution < 1.29 is 15.0 Å². The number of phenols is 1. The first-order valence-corrected chi connectivity index (χ1v) is 7.68. The fourth-order valence-corrected chi connectivity index (χ4v) is 3.28. The van der Waals surface area contributed by atoms with Gasteiger partial charge in [-0.05, 0) is 38.9 Å². The monoisotopic (exact) mass is 311 g/mol. The maximum atomic E-state index is 11.5. The molecule has 5 heteroatoms. The smallest absolute Gasteiger partial charge is 0.163 e. The minimum atomic E-state index is -0.336. The van der Waals surface area contributed by atoms with E-state index < -0.39 is 0 Å². The van der Waals surface area contributed by atoms with Crippen LogP contribution in [0, 0.1) is 0 Å². The number of aromatic hydroxyl groups is 1. The van der Waals surface area contributed by atoms with E-state index in [4.69, 9.17) is 11.6 Å². The van der Waals surface area contributed by atoms with Gasteiger partial charge in [0.15, 0.2) is 5.78 Å². The standard InChI is InChI=1S/C16H22ClNO3/c1-10(19)13-8-12(17)7-11(16(13)21)9-18(2)14-5-3-4-6-15(14)20/h7-8,14-15,20-21H,3-6,9H2,1-2H3. The number of likely N-dealkylation sites (N-methyl/N-ethyl adjacent to an activating group) is 1. The molecule has 0 aliphatic heterocycles. The number of carbonyl (C=O) groups excluding carboxylic acids is 1. The second-order valence-electron chi connectivity index (χ2n) is 5.85. The van der Waals surface area contributed by atoms with Crippen LogP contribution in [0.1, 0.15) is 48.5 Å². The van der Waals surface area contributed by atoms with E-state index in [0.717, 1.165) is 25.7 Å². The molecule has 0 aromatic heterocycles. The van der Waals surface area contributed by atoms with Gasteiger partial charge >= 0.3 is 0 Å². The molecule has 0 spiro atoms. The number of hydrogen-bond acceptors (Lipinski definition) is 4. The second-order valence-corrected chi connectivity index (χ2v) is 6.29. The largest absolute Gasteiger partial charge is 0.507 e. The second kappa shape index (κ2) is 6.77. The van der Waals surface area contributed by atoms with Crippen molar-refractivity contribution in [2.45, 2.75) is 51.3 Å². The fraction of sp³-hybridized carbons (Fsp3) is 0.562. The van der Waals surface area contributed by atoms with E-state index in [9.17, 15) is 15.0 Å². The van der Waals surface area contributed by atoms with Crippen molar-refractivity contribution in [1.82, 2.24) is 4.90 Å². The number of aliphatic hydroxyl groups excluding tert-OH is 1. The highest BCUT2D eigenvalue weighted by molar-refractivity contribution is 6.31. The van der Waals surface area contributed by atoms with Crippen LogP contribution in [-0.4, -0.2) is 40.1 Å². The van der Waals surface area contributed by atoms with Gasteiger partial charge in [0.25, 0.3) is 0 Å². The first-order chi connectivity index (χ1) is 9.90. The van der Waals surface area contributed by atoms with Gasteiger partial charge in [-0.2, -0.15) is 0 Å². The van der Waals surface area contributed by atoms with Crippen molar-refractivity contribution in [1.29, 1.82) is 0 Å². The summed E-state index contributed by atoms with van der Waals surface area (Å²) >= 11 is 6.03. The number of hydrogen-bond donors (Lipinski definition) is 2. The number of carbonyl (C=O) groups is 1. The van der Waals surface area contributed by atoms with Crippen LogP contribution < -0.4 is 0 Å². The molecule has 4 nitrogen and oxygen atoms in total. The molecule has 0 bridgehead atoms. The van der Waals surface area contributed by atoms with Crippen molar-refractivity contribution >= 4 is 17.4 Å². The molecule has 1 aromatic carbocycles. The molecule has 116 valence electrons. The van der Waals surface area contributed by atoms with Gasteiger partial charge in [-0.15, -0.1) is 0 Å². The Kier molecular flexibility index (Phi) is 5.25. The Labute approximate surface area is 130 Å². The van der Waals surface area contributed by atoms with Crippen LogP contribution in [0.3, 0.4) is 0 Å². The maximum Gasteiger partial charge on any atom is 0.163 e. The Balaban J connectivity index is 2.20. The summed E-state index contributed by atoms with van der Waals surface area (Å²) < 4.78 is 0. The topological polar surface area (TPSA) is 60.8 Å². The van der Waals surface area contributed by atoms with E-state index in [1.54, 1.807) is 6.07 Å². The van der Waals surface area contributed by atoms with Gasteiger partial charge < -0.3 is 10.2 Å². The summed E-state index contributed by atoms with van der Waals surface area (Å²) in [5.74, 6) is -0.222. The first-order valence-electron chi connectivity index (χ1n) is 7.30. The minimum absolute atomic E-state index is 0.0101. The summed E-state index contributed by atoms with van der Waals surface area (Å²) in [6.45, 7) is 1.86. The number of benzene rings is 1. The zero-order valence-electron chi connectivity index (χ0n) is 12.5. The van der Waals surface area contributed by atoms with Crippen LogP contribution in [-0.2, 0) is 6.54 Å². The van der Waals surface area contributed by atoms with Crippen LogP contribution >= 0.6 is 11.6 Å². The quantitative estimate of drug-likeness (QED) is 0.839. The van der Waals surface area contributed by atoms with Crippen molar-refractivity contribution in [2.24, 2.45) is 0 Å². The summed E-state index contributed by atoms with van der Waals surface area (Å²) in [4.78, 5) is 13.6. The third kappa shape index (κ3) is 3.76. The zero-order chi connectivity index (χ0) is 15.6. The van der Waals surface area contributed by atoms with Gasteiger partial charge in [0.05, 0.1) is 11.7 Å². The van der Waals surface area contributed by atoms with E-state index in [1.807, 2.05) is 11.9 Å². The highest BCUT2D eigenvalue weighted by Gasteiger charge is 2.27. The van der Waals surface area contributed by atoms with E-state index in [0.29, 0.717) is 17.1 Å². The minimum Gasteiger partial charge on any atom is -0.507 e. The average Bonchev–Trinajstić information content (AvgIpc) is 2.42. The number of ketones is 1. The summed E-state index contributed by atoms with van der Waals surface area (Å²) in [5.41, 5.74) is 0.864. The van der Waals surface area contributed by atoms with Gasteiger partial charge in [0, 0.05) is 23.2 Å². The van der Waals surface area contributed by atoms with Gasteiger partial charge in [0.2, 0.25) is 0 Å². The molecule has 2 N–H and O–H groups in total. The summed E-state index contributed by atoms with van der Waals surface area (Å²) in [5, 5.41) is 20.8. The Bertz CT molecular complexity index is 532. The van der Waals surface area contributed by atoms with Crippen LogP contribution in [0.4, 0.5) is 0 Å². The highest BCUT2D eigenvalue weighted by atomic mass is 35.5. The normalized spacial score (nSPS) is 22.5. The predicted octanol–water partition coefficient (Wildman–Crippen LogP) is 2.98. The molecule has 1 fully saturated rings. The van der Waals surface area contributed by atoms with Gasteiger partial charge in [0.1, 0.15) is 5.75 Å². The van der Waals surface area contributed by atoms with Crippen molar-refractivity contribution in [3.63, 3.8) is 0 Å². The number of rotatable bonds is 4. The van der Waals surface area contributed by atoms with Crippen molar-refractivity contribution in [3.8, 4) is 5.75 Å². The zero-order valence-corrected chi connectivity index (χ0v) is 13.2. The van der Waals surface area contributed by atoms with Crippen molar-refractivity contribution in [2.75, 3.05) is 7.05 Å². The molecule has 0 radical (unpaired) electrons. The molecular formula is C16H22ClNO3.